The van der Waals surface area contributed by atoms with Crippen molar-refractivity contribution in [1.82, 2.24) is 4.90 Å². The van der Waals surface area contributed by atoms with Crippen LogP contribution in [0.4, 0.5) is 0 Å². The monoisotopic (exact) mass is 156 g/mol. The van der Waals surface area contributed by atoms with E-state index in [1.165, 1.54) is 7.11 Å². The van der Waals surface area contributed by atoms with Gasteiger partial charge in [-0.15, -0.1) is 0 Å². The molecule has 0 aromatic carbocycles. The van der Waals surface area contributed by atoms with Crippen molar-refractivity contribution in [2.75, 3.05) is 27.2 Å². The summed E-state index contributed by atoms with van der Waals surface area (Å²) in [5, 5.41) is 0. The van der Waals surface area contributed by atoms with Crippen molar-refractivity contribution >= 4 is 5.97 Å². The maximum absolute atomic E-state index is 11.0. The molecule has 0 saturated carbocycles. The first-order chi connectivity index (χ1) is 5.15. The molecule has 1 aliphatic rings. The van der Waals surface area contributed by atoms with Crippen LogP contribution in [0.3, 0.4) is 0 Å². The number of hydrogen-bond donors (Lipinski definition) is 1. The zero-order valence-corrected chi connectivity index (χ0v) is 6.76. The molecule has 0 fully saturated rings. The van der Waals surface area contributed by atoms with Crippen LogP contribution < -0.4 is 5.73 Å². The molecule has 0 bridgehead atoms. The number of rotatable bonds is 1. The highest BCUT2D eigenvalue weighted by atomic mass is 16.5. The molecule has 4 nitrogen and oxygen atoms in total. The van der Waals surface area contributed by atoms with Crippen molar-refractivity contribution in [3.05, 3.63) is 11.3 Å². The molecule has 2 N–H and O–H groups in total. The highest BCUT2D eigenvalue weighted by Crippen LogP contribution is 2.12. The summed E-state index contributed by atoms with van der Waals surface area (Å²) in [6.45, 7) is 1.25. The van der Waals surface area contributed by atoms with E-state index >= 15 is 0 Å². The van der Waals surface area contributed by atoms with Crippen molar-refractivity contribution in [2.45, 2.75) is 0 Å². The van der Waals surface area contributed by atoms with Gasteiger partial charge >= 0.3 is 5.97 Å². The highest BCUT2D eigenvalue weighted by molar-refractivity contribution is 5.90. The molecule has 0 aromatic rings. The van der Waals surface area contributed by atoms with Gasteiger partial charge < -0.3 is 10.5 Å². The first-order valence-corrected chi connectivity index (χ1v) is 3.39. The van der Waals surface area contributed by atoms with E-state index in [1.807, 2.05) is 11.9 Å². The summed E-state index contributed by atoms with van der Waals surface area (Å²) in [6, 6.07) is 0. The fourth-order valence-corrected chi connectivity index (χ4v) is 1.13. The van der Waals surface area contributed by atoms with Gasteiger partial charge in [-0.05, 0) is 7.05 Å². The molecular formula is C7H12N2O2. The summed E-state index contributed by atoms with van der Waals surface area (Å²) < 4.78 is 4.55. The summed E-state index contributed by atoms with van der Waals surface area (Å²) in [5.74, 6) is -0.313. The van der Waals surface area contributed by atoms with E-state index in [4.69, 9.17) is 5.73 Å². The van der Waals surface area contributed by atoms with E-state index in [0.29, 0.717) is 24.4 Å². The lowest BCUT2D eigenvalue weighted by atomic mass is 10.2. The molecule has 1 rings (SSSR count). The molecular weight excluding hydrogens is 144 g/mol. The first kappa shape index (κ1) is 8.07. The van der Waals surface area contributed by atoms with E-state index in [9.17, 15) is 4.79 Å². The van der Waals surface area contributed by atoms with Crippen LogP contribution in [0.2, 0.25) is 0 Å². The lowest BCUT2D eigenvalue weighted by molar-refractivity contribution is -0.136. The van der Waals surface area contributed by atoms with Crippen LogP contribution in [0.15, 0.2) is 11.3 Å². The van der Waals surface area contributed by atoms with Crippen molar-refractivity contribution in [2.24, 2.45) is 5.73 Å². The number of esters is 1. The van der Waals surface area contributed by atoms with Gasteiger partial charge in [-0.2, -0.15) is 0 Å². The Morgan fingerprint density at radius 1 is 1.64 bits per heavy atom. The summed E-state index contributed by atoms with van der Waals surface area (Å²) in [7, 11) is 3.27. The molecule has 4 heteroatoms. The Balaban J connectivity index is 2.72. The van der Waals surface area contributed by atoms with Gasteiger partial charge in [-0.25, -0.2) is 4.79 Å². The lowest BCUT2D eigenvalue weighted by Crippen LogP contribution is -2.17. The summed E-state index contributed by atoms with van der Waals surface area (Å²) >= 11 is 0. The smallest absolute Gasteiger partial charge is 0.336 e. The van der Waals surface area contributed by atoms with Crippen LogP contribution in [0, 0.1) is 0 Å². The van der Waals surface area contributed by atoms with Crippen LogP contribution in [0.1, 0.15) is 0 Å². The number of nitrogens with two attached hydrogens (primary N) is 1. The van der Waals surface area contributed by atoms with Crippen LogP contribution in [0.5, 0.6) is 0 Å². The normalized spacial score (nSPS) is 19.1. The first-order valence-electron chi connectivity index (χ1n) is 3.39. The average molecular weight is 156 g/mol. The van der Waals surface area contributed by atoms with Gasteiger partial charge in [0.2, 0.25) is 0 Å². The van der Waals surface area contributed by atoms with Crippen molar-refractivity contribution in [3.8, 4) is 0 Å². The number of carbonyl (C=O) groups is 1. The molecule has 0 radical (unpaired) electrons. The molecule has 11 heavy (non-hydrogen) atoms. The van der Waals surface area contributed by atoms with E-state index in [2.05, 4.69) is 4.74 Å². The Kier molecular flexibility index (Phi) is 2.14. The fraction of sp³-hybridized carbons (Fsp3) is 0.571. The quantitative estimate of drug-likeness (QED) is 0.511. The Hall–Kier alpha value is -1.03. The second kappa shape index (κ2) is 2.92. The molecule has 62 valence electrons. The van der Waals surface area contributed by atoms with Gasteiger partial charge in [0.15, 0.2) is 0 Å². The van der Waals surface area contributed by atoms with Gasteiger partial charge in [-0.3, -0.25) is 4.90 Å². The Morgan fingerprint density at radius 3 is 2.64 bits per heavy atom. The summed E-state index contributed by atoms with van der Waals surface area (Å²) in [6.07, 6.45) is 0. The van der Waals surface area contributed by atoms with Crippen molar-refractivity contribution in [1.29, 1.82) is 0 Å². The number of nitrogens with zero attached hydrogens (tertiary/aromatic N) is 1. The minimum absolute atomic E-state index is 0.313. The third-order valence-corrected chi connectivity index (χ3v) is 1.69. The maximum Gasteiger partial charge on any atom is 0.336 e. The number of likely N-dealkylation sites (N-methyl/N-ethyl adjacent to an activating group) is 1. The zero-order valence-electron chi connectivity index (χ0n) is 6.76. The molecule has 0 aliphatic carbocycles. The van der Waals surface area contributed by atoms with Crippen molar-refractivity contribution in [3.63, 3.8) is 0 Å². The zero-order chi connectivity index (χ0) is 8.43. The minimum atomic E-state index is -0.313. The van der Waals surface area contributed by atoms with Gasteiger partial charge in [0.1, 0.15) is 0 Å². The van der Waals surface area contributed by atoms with E-state index < -0.39 is 0 Å². The molecule has 0 spiro atoms. The van der Waals surface area contributed by atoms with Crippen LogP contribution in [0.25, 0.3) is 0 Å². The number of carbonyl (C=O) groups excluding carboxylic acids is 1. The number of ether oxygens (including phenoxy) is 1. The predicted octanol–water partition coefficient (Wildman–Crippen LogP) is -0.682. The van der Waals surface area contributed by atoms with E-state index in [-0.39, 0.29) is 5.97 Å². The molecule has 0 atom stereocenters. The highest BCUT2D eigenvalue weighted by Gasteiger charge is 2.22. The third-order valence-electron chi connectivity index (χ3n) is 1.69. The molecule has 1 aliphatic heterocycles. The van der Waals surface area contributed by atoms with E-state index in [1.54, 1.807) is 0 Å². The third kappa shape index (κ3) is 1.51. The second-order valence-corrected chi connectivity index (χ2v) is 2.67. The van der Waals surface area contributed by atoms with Crippen LogP contribution >= 0.6 is 0 Å². The lowest BCUT2D eigenvalue weighted by Gasteiger charge is -2.04. The Morgan fingerprint density at radius 2 is 2.27 bits per heavy atom. The van der Waals surface area contributed by atoms with E-state index in [0.717, 1.165) is 0 Å². The number of hydrogen-bond acceptors (Lipinski definition) is 4. The molecule has 0 unspecified atom stereocenters. The van der Waals surface area contributed by atoms with Gasteiger partial charge in [0.25, 0.3) is 0 Å². The molecule has 0 aromatic heterocycles. The van der Waals surface area contributed by atoms with Gasteiger partial charge in [0.05, 0.1) is 12.7 Å². The maximum atomic E-state index is 11.0. The van der Waals surface area contributed by atoms with Gasteiger partial charge in [-0.1, -0.05) is 0 Å². The fourth-order valence-electron chi connectivity index (χ4n) is 1.13. The topological polar surface area (TPSA) is 55.6 Å². The average Bonchev–Trinajstić information content (AvgIpc) is 2.28. The predicted molar refractivity (Wildman–Crippen MR) is 40.7 cm³/mol. The largest absolute Gasteiger partial charge is 0.466 e. The SMILES string of the molecule is COC(=O)C1=C(N)CN(C)C1. The minimum Gasteiger partial charge on any atom is -0.466 e. The van der Waals surface area contributed by atoms with Crippen LogP contribution in [-0.2, 0) is 9.53 Å². The molecule has 1 heterocycles. The molecule has 0 saturated heterocycles. The van der Waals surface area contributed by atoms with Crippen LogP contribution in [-0.4, -0.2) is 38.1 Å². The van der Waals surface area contributed by atoms with Crippen molar-refractivity contribution < 1.29 is 9.53 Å². The number of methoxy groups -OCH3 is 1. The summed E-state index contributed by atoms with van der Waals surface area (Å²) in [5.41, 5.74) is 6.80. The Bertz CT molecular complexity index is 210. The second-order valence-electron chi connectivity index (χ2n) is 2.67. The van der Waals surface area contributed by atoms with Gasteiger partial charge in [0, 0.05) is 18.8 Å². The standard InChI is InChI=1S/C7H12N2O2/c1-9-3-5(6(8)4-9)7(10)11-2/h3-4,8H2,1-2H3. The Labute approximate surface area is 65.6 Å². The summed E-state index contributed by atoms with van der Waals surface area (Å²) in [4.78, 5) is 12.9. The molecule has 0 amide bonds.